The molecule has 2 aromatic rings. The first-order valence-corrected chi connectivity index (χ1v) is 9.82. The Morgan fingerprint density at radius 1 is 1.20 bits per heavy atom. The molecule has 1 aliphatic carbocycles. The third-order valence-electron chi connectivity index (χ3n) is 3.82. The predicted molar refractivity (Wildman–Crippen MR) is 100 cm³/mol. The van der Waals surface area contributed by atoms with E-state index >= 15 is 0 Å². The Labute approximate surface area is 155 Å². The molecule has 1 saturated carbocycles. The van der Waals surface area contributed by atoms with Gasteiger partial charge in [0.25, 0.3) is 5.91 Å². The van der Waals surface area contributed by atoms with Gasteiger partial charge in [-0.25, -0.2) is 0 Å². The smallest absolute Gasteiger partial charge is 0.253 e. The molecule has 6 nitrogen and oxygen atoms in total. The predicted octanol–water partition coefficient (Wildman–Crippen LogP) is 3.05. The van der Waals surface area contributed by atoms with Crippen LogP contribution in [0.1, 0.15) is 35.7 Å². The van der Waals surface area contributed by atoms with Gasteiger partial charge in [-0.1, -0.05) is 35.2 Å². The van der Waals surface area contributed by atoms with Crippen LogP contribution >= 0.6 is 23.1 Å². The summed E-state index contributed by atoms with van der Waals surface area (Å²) in [6.45, 7) is 1.57. The number of thioether (sulfide) groups is 1. The monoisotopic (exact) mass is 376 g/mol. The quantitative estimate of drug-likeness (QED) is 0.573. The van der Waals surface area contributed by atoms with Gasteiger partial charge in [-0.05, 0) is 30.5 Å². The summed E-state index contributed by atoms with van der Waals surface area (Å²) in [5.41, 5.74) is 1.79. The first-order valence-electron chi connectivity index (χ1n) is 8.02. The molecule has 1 aromatic carbocycles. The van der Waals surface area contributed by atoms with Crippen molar-refractivity contribution in [3.8, 4) is 0 Å². The minimum absolute atomic E-state index is 0.00244. The van der Waals surface area contributed by atoms with Gasteiger partial charge in [-0.2, -0.15) is 0 Å². The molecule has 3 rings (SSSR count). The van der Waals surface area contributed by atoms with Crippen molar-refractivity contribution in [1.29, 1.82) is 0 Å². The van der Waals surface area contributed by atoms with Crippen molar-refractivity contribution in [1.82, 2.24) is 15.1 Å². The van der Waals surface area contributed by atoms with E-state index in [1.807, 2.05) is 24.3 Å². The number of hydrogen-bond donors (Lipinski definition) is 0. The van der Waals surface area contributed by atoms with Crippen molar-refractivity contribution in [2.24, 2.45) is 0 Å². The Morgan fingerprint density at radius 2 is 1.88 bits per heavy atom. The lowest BCUT2D eigenvalue weighted by Crippen LogP contribution is -2.30. The van der Waals surface area contributed by atoms with E-state index in [-0.39, 0.29) is 11.8 Å². The highest BCUT2D eigenvalue weighted by molar-refractivity contribution is 8.00. The number of aromatic nitrogens is 2. The molecule has 0 saturated heterocycles. The molecule has 1 aliphatic rings. The molecule has 0 atom stereocenters. The molecule has 2 amide bonds. The summed E-state index contributed by atoms with van der Waals surface area (Å²) >= 11 is 3.04. The van der Waals surface area contributed by atoms with Crippen LogP contribution in [-0.2, 0) is 10.5 Å². The molecule has 132 valence electrons. The second-order valence-electron chi connectivity index (χ2n) is 6.16. The Kier molecular flexibility index (Phi) is 5.39. The van der Waals surface area contributed by atoms with Gasteiger partial charge in [0, 0.05) is 38.4 Å². The normalized spacial score (nSPS) is 13.6. The fourth-order valence-corrected chi connectivity index (χ4v) is 4.30. The molecule has 0 aliphatic heterocycles. The first kappa shape index (κ1) is 17.9. The SMILES string of the molecule is CC(=O)N(c1nnc(SCc2ccc(C(=O)N(C)C)cc2)s1)C1CC1. The van der Waals surface area contributed by atoms with Crippen LogP contribution in [0.15, 0.2) is 28.6 Å². The lowest BCUT2D eigenvalue weighted by atomic mass is 10.1. The first-order chi connectivity index (χ1) is 12.0. The highest BCUT2D eigenvalue weighted by Gasteiger charge is 2.34. The summed E-state index contributed by atoms with van der Waals surface area (Å²) < 4.78 is 0.843. The highest BCUT2D eigenvalue weighted by Crippen LogP contribution is 2.36. The van der Waals surface area contributed by atoms with Gasteiger partial charge in [0.15, 0.2) is 4.34 Å². The van der Waals surface area contributed by atoms with Crippen molar-refractivity contribution in [3.05, 3.63) is 35.4 Å². The van der Waals surface area contributed by atoms with Crippen molar-refractivity contribution in [2.75, 3.05) is 19.0 Å². The van der Waals surface area contributed by atoms with Gasteiger partial charge in [-0.3, -0.25) is 14.5 Å². The van der Waals surface area contributed by atoms with E-state index in [0.29, 0.717) is 16.7 Å². The van der Waals surface area contributed by atoms with E-state index in [2.05, 4.69) is 10.2 Å². The molecule has 0 spiro atoms. The van der Waals surface area contributed by atoms with Crippen molar-refractivity contribution >= 4 is 40.0 Å². The van der Waals surface area contributed by atoms with Crippen LogP contribution in [0.5, 0.6) is 0 Å². The van der Waals surface area contributed by atoms with E-state index < -0.39 is 0 Å². The number of carbonyl (C=O) groups is 2. The van der Waals surface area contributed by atoms with Gasteiger partial charge in [0.05, 0.1) is 0 Å². The molecule has 8 heteroatoms. The van der Waals surface area contributed by atoms with Gasteiger partial charge < -0.3 is 4.90 Å². The molecule has 0 N–H and O–H groups in total. The van der Waals surface area contributed by atoms with Gasteiger partial charge in [0.1, 0.15) is 0 Å². The number of carbonyl (C=O) groups excluding carboxylic acids is 2. The number of anilines is 1. The summed E-state index contributed by atoms with van der Waals surface area (Å²) in [7, 11) is 3.48. The van der Waals surface area contributed by atoms with Gasteiger partial charge in [0.2, 0.25) is 11.0 Å². The fourth-order valence-electron chi connectivity index (χ4n) is 2.39. The molecule has 0 bridgehead atoms. The van der Waals surface area contributed by atoms with Crippen molar-refractivity contribution < 1.29 is 9.59 Å². The fraction of sp³-hybridized carbons (Fsp3) is 0.412. The lowest BCUT2D eigenvalue weighted by molar-refractivity contribution is -0.116. The third-order valence-corrected chi connectivity index (χ3v) is 5.95. The molecule has 0 unspecified atom stereocenters. The zero-order valence-electron chi connectivity index (χ0n) is 14.4. The number of hydrogen-bond acceptors (Lipinski definition) is 6. The van der Waals surface area contributed by atoms with Crippen LogP contribution in [-0.4, -0.2) is 47.0 Å². The molecular formula is C17H20N4O2S2. The van der Waals surface area contributed by atoms with Gasteiger partial charge in [-0.15, -0.1) is 10.2 Å². The number of rotatable bonds is 6. The number of nitrogens with zero attached hydrogens (tertiary/aromatic N) is 4. The average molecular weight is 377 g/mol. The summed E-state index contributed by atoms with van der Waals surface area (Å²) in [4.78, 5) is 27.0. The molecule has 1 heterocycles. The molecule has 0 radical (unpaired) electrons. The van der Waals surface area contributed by atoms with Crippen LogP contribution in [0.2, 0.25) is 0 Å². The van der Waals surface area contributed by atoms with Crippen LogP contribution in [0.4, 0.5) is 5.13 Å². The van der Waals surface area contributed by atoms with E-state index in [4.69, 9.17) is 0 Å². The Morgan fingerprint density at radius 3 is 2.44 bits per heavy atom. The van der Waals surface area contributed by atoms with Gasteiger partial charge >= 0.3 is 0 Å². The largest absolute Gasteiger partial charge is 0.345 e. The summed E-state index contributed by atoms with van der Waals surface area (Å²) in [5.74, 6) is 0.767. The second-order valence-corrected chi connectivity index (χ2v) is 8.33. The number of benzene rings is 1. The maximum absolute atomic E-state index is 11.9. The minimum Gasteiger partial charge on any atom is -0.345 e. The molecule has 25 heavy (non-hydrogen) atoms. The topological polar surface area (TPSA) is 66.4 Å². The average Bonchev–Trinajstić information content (AvgIpc) is 3.30. The Balaban J connectivity index is 1.60. The summed E-state index contributed by atoms with van der Waals surface area (Å²) in [6.07, 6.45) is 2.08. The van der Waals surface area contributed by atoms with E-state index in [0.717, 1.165) is 28.5 Å². The molecular weight excluding hydrogens is 356 g/mol. The summed E-state index contributed by atoms with van der Waals surface area (Å²) in [6, 6.07) is 7.89. The maximum atomic E-state index is 11.9. The van der Waals surface area contributed by atoms with E-state index in [9.17, 15) is 9.59 Å². The van der Waals surface area contributed by atoms with E-state index in [1.165, 1.54) is 11.3 Å². The van der Waals surface area contributed by atoms with Crippen LogP contribution in [0, 0.1) is 0 Å². The molecule has 1 aromatic heterocycles. The summed E-state index contributed by atoms with van der Waals surface area (Å²) in [5, 5.41) is 9.05. The van der Waals surface area contributed by atoms with Crippen molar-refractivity contribution in [3.63, 3.8) is 0 Å². The number of amides is 2. The lowest BCUT2D eigenvalue weighted by Gasteiger charge is -2.15. The Hall–Kier alpha value is -1.93. The van der Waals surface area contributed by atoms with Crippen LogP contribution in [0.25, 0.3) is 0 Å². The standard InChI is InChI=1S/C17H20N4O2S2/c1-11(22)21(14-8-9-14)16-18-19-17(25-16)24-10-12-4-6-13(7-5-12)15(23)20(2)3/h4-7,14H,8-10H2,1-3H3. The van der Waals surface area contributed by atoms with E-state index in [1.54, 1.807) is 42.6 Å². The highest BCUT2D eigenvalue weighted by atomic mass is 32.2. The van der Waals surface area contributed by atoms with Crippen LogP contribution < -0.4 is 4.90 Å². The van der Waals surface area contributed by atoms with Crippen molar-refractivity contribution in [2.45, 2.75) is 35.9 Å². The minimum atomic E-state index is -0.00244. The molecule has 1 fully saturated rings. The third kappa shape index (κ3) is 4.38. The zero-order chi connectivity index (χ0) is 18.0. The Bertz CT molecular complexity index is 769. The zero-order valence-corrected chi connectivity index (χ0v) is 16.1. The van der Waals surface area contributed by atoms with Crippen LogP contribution in [0.3, 0.4) is 0 Å². The maximum Gasteiger partial charge on any atom is 0.253 e. The second kappa shape index (κ2) is 7.53.